The first-order valence-corrected chi connectivity index (χ1v) is 6.61. The van der Waals surface area contributed by atoms with Gasteiger partial charge in [-0.1, -0.05) is 37.3 Å². The Hall–Kier alpha value is -1.85. The molecule has 0 bridgehead atoms. The van der Waals surface area contributed by atoms with E-state index in [2.05, 4.69) is 10.4 Å². The molecule has 0 spiro atoms. The van der Waals surface area contributed by atoms with Gasteiger partial charge in [-0.15, -0.1) is 12.4 Å². The highest BCUT2D eigenvalue weighted by Crippen LogP contribution is 2.20. The molecule has 1 heterocycles. The Morgan fingerprint density at radius 3 is 2.48 bits per heavy atom. The first-order valence-electron chi connectivity index (χ1n) is 6.61. The Labute approximate surface area is 130 Å². The summed E-state index contributed by atoms with van der Waals surface area (Å²) in [6.45, 7) is 3.71. The minimum atomic E-state index is -0.328. The van der Waals surface area contributed by atoms with E-state index in [9.17, 15) is 4.79 Å². The van der Waals surface area contributed by atoms with E-state index in [4.69, 9.17) is 5.73 Å². The Morgan fingerprint density at radius 2 is 1.95 bits per heavy atom. The van der Waals surface area contributed by atoms with E-state index < -0.39 is 0 Å². The van der Waals surface area contributed by atoms with Gasteiger partial charge in [-0.05, 0) is 12.5 Å². The van der Waals surface area contributed by atoms with E-state index >= 15 is 0 Å². The van der Waals surface area contributed by atoms with Crippen LogP contribution in [0.4, 0.5) is 5.82 Å². The summed E-state index contributed by atoms with van der Waals surface area (Å²) in [6, 6.07) is 11.1. The van der Waals surface area contributed by atoms with Crippen LogP contribution >= 0.6 is 12.4 Å². The molecule has 2 aromatic rings. The molecule has 0 saturated heterocycles. The van der Waals surface area contributed by atoms with Gasteiger partial charge in [0, 0.05) is 19.2 Å². The van der Waals surface area contributed by atoms with Crippen molar-refractivity contribution in [2.24, 2.45) is 18.7 Å². The lowest BCUT2D eigenvalue weighted by atomic mass is 9.95. The Bertz CT molecular complexity index is 597. The molecular weight excluding hydrogens is 288 g/mol. The van der Waals surface area contributed by atoms with Gasteiger partial charge in [0.25, 0.3) is 0 Å². The molecule has 0 aliphatic heterocycles. The number of halogens is 1. The molecule has 6 heteroatoms. The lowest BCUT2D eigenvalue weighted by Crippen LogP contribution is -2.31. The lowest BCUT2D eigenvalue weighted by molar-refractivity contribution is -0.120. The second kappa shape index (κ2) is 7.24. The molecule has 0 aliphatic rings. The third-order valence-corrected chi connectivity index (χ3v) is 3.39. The van der Waals surface area contributed by atoms with Crippen LogP contribution in [0.2, 0.25) is 0 Å². The van der Waals surface area contributed by atoms with Gasteiger partial charge in [-0.2, -0.15) is 5.10 Å². The summed E-state index contributed by atoms with van der Waals surface area (Å²) in [6.07, 6.45) is 0. The van der Waals surface area contributed by atoms with Crippen molar-refractivity contribution in [2.45, 2.75) is 19.9 Å². The minimum Gasteiger partial charge on any atom is -0.323 e. The normalized spacial score (nSPS) is 13.1. The van der Waals surface area contributed by atoms with Crippen LogP contribution in [0.1, 0.15) is 24.2 Å². The predicted molar refractivity (Wildman–Crippen MR) is 86.4 cm³/mol. The molecule has 0 radical (unpaired) electrons. The van der Waals surface area contributed by atoms with E-state index in [-0.39, 0.29) is 30.3 Å². The molecule has 1 amide bonds. The quantitative estimate of drug-likeness (QED) is 0.911. The summed E-state index contributed by atoms with van der Waals surface area (Å²) < 4.78 is 1.65. The summed E-state index contributed by atoms with van der Waals surface area (Å²) in [5, 5.41) is 7.06. The summed E-state index contributed by atoms with van der Waals surface area (Å²) >= 11 is 0. The average molecular weight is 309 g/mol. The number of hydrogen-bond acceptors (Lipinski definition) is 3. The third kappa shape index (κ3) is 4.06. The van der Waals surface area contributed by atoms with Crippen LogP contribution in [0.5, 0.6) is 0 Å². The maximum atomic E-state index is 12.3. The Kier molecular flexibility index (Phi) is 5.93. The van der Waals surface area contributed by atoms with Gasteiger partial charge in [0.15, 0.2) is 0 Å². The van der Waals surface area contributed by atoms with Crippen molar-refractivity contribution in [3.8, 4) is 0 Å². The summed E-state index contributed by atoms with van der Waals surface area (Å²) in [5.74, 6) is 0.247. The van der Waals surface area contributed by atoms with Gasteiger partial charge < -0.3 is 11.1 Å². The van der Waals surface area contributed by atoms with Crippen molar-refractivity contribution < 1.29 is 4.79 Å². The summed E-state index contributed by atoms with van der Waals surface area (Å²) in [5.41, 5.74) is 7.97. The van der Waals surface area contributed by atoms with Crippen LogP contribution < -0.4 is 11.1 Å². The molecule has 0 aliphatic carbocycles. The Balaban J connectivity index is 0.00000220. The second-order valence-corrected chi connectivity index (χ2v) is 5.01. The van der Waals surface area contributed by atoms with Crippen LogP contribution in [0.15, 0.2) is 36.4 Å². The van der Waals surface area contributed by atoms with Gasteiger partial charge in [0.05, 0.1) is 11.6 Å². The molecule has 2 unspecified atom stereocenters. The van der Waals surface area contributed by atoms with Crippen LogP contribution in [0.25, 0.3) is 0 Å². The molecule has 1 aromatic heterocycles. The number of hydrogen-bond donors (Lipinski definition) is 2. The first kappa shape index (κ1) is 17.2. The maximum Gasteiger partial charge on any atom is 0.230 e. The molecule has 21 heavy (non-hydrogen) atoms. The number of carbonyl (C=O) groups excluding carboxylic acids is 1. The smallest absolute Gasteiger partial charge is 0.230 e. The maximum absolute atomic E-state index is 12.3. The van der Waals surface area contributed by atoms with Crippen molar-refractivity contribution in [1.29, 1.82) is 0 Å². The number of carbonyl (C=O) groups is 1. The molecule has 2 atom stereocenters. The molecule has 2 rings (SSSR count). The van der Waals surface area contributed by atoms with E-state index in [0.717, 1.165) is 11.3 Å². The number of nitrogens with two attached hydrogens (primary N) is 1. The number of aryl methyl sites for hydroxylation is 2. The molecular formula is C15H21ClN4O. The summed E-state index contributed by atoms with van der Waals surface area (Å²) in [4.78, 5) is 12.3. The highest BCUT2D eigenvalue weighted by molar-refractivity contribution is 5.92. The largest absolute Gasteiger partial charge is 0.323 e. The number of nitrogens with one attached hydrogen (secondary N) is 1. The number of anilines is 1. The standard InChI is InChI=1S/C15H20N4O.ClH/c1-10-9-13(19(3)18-10)17-15(20)11(2)14(16)12-7-5-4-6-8-12;/h4-9,11,14H,16H2,1-3H3,(H,17,20);1H. The lowest BCUT2D eigenvalue weighted by Gasteiger charge is -2.19. The number of rotatable bonds is 4. The van der Waals surface area contributed by atoms with Crippen LogP contribution in [0.3, 0.4) is 0 Å². The van der Waals surface area contributed by atoms with Crippen molar-refractivity contribution in [3.05, 3.63) is 47.7 Å². The van der Waals surface area contributed by atoms with Crippen molar-refractivity contribution in [2.75, 3.05) is 5.32 Å². The Morgan fingerprint density at radius 1 is 1.33 bits per heavy atom. The van der Waals surface area contributed by atoms with Crippen LogP contribution in [-0.4, -0.2) is 15.7 Å². The SMILES string of the molecule is Cc1cc(NC(=O)C(C)C(N)c2ccccc2)n(C)n1.Cl. The highest BCUT2D eigenvalue weighted by Gasteiger charge is 2.22. The van der Waals surface area contributed by atoms with Gasteiger partial charge >= 0.3 is 0 Å². The fraction of sp³-hybridized carbons (Fsp3) is 0.333. The molecule has 0 saturated carbocycles. The number of nitrogens with zero attached hydrogens (tertiary/aromatic N) is 2. The van der Waals surface area contributed by atoms with Gasteiger partial charge in [-0.3, -0.25) is 9.48 Å². The zero-order valence-electron chi connectivity index (χ0n) is 12.4. The van der Waals surface area contributed by atoms with Crippen LogP contribution in [0, 0.1) is 12.8 Å². The van der Waals surface area contributed by atoms with Gasteiger partial charge in [-0.25, -0.2) is 0 Å². The van der Waals surface area contributed by atoms with Gasteiger partial charge in [0.2, 0.25) is 5.91 Å². The molecule has 5 nitrogen and oxygen atoms in total. The topological polar surface area (TPSA) is 72.9 Å². The number of benzene rings is 1. The number of aromatic nitrogens is 2. The summed E-state index contributed by atoms with van der Waals surface area (Å²) in [7, 11) is 1.80. The zero-order valence-corrected chi connectivity index (χ0v) is 13.2. The fourth-order valence-electron chi connectivity index (χ4n) is 2.09. The van der Waals surface area contributed by atoms with Gasteiger partial charge in [0.1, 0.15) is 5.82 Å². The van der Waals surface area contributed by atoms with Crippen LogP contribution in [-0.2, 0) is 11.8 Å². The van der Waals surface area contributed by atoms with E-state index in [0.29, 0.717) is 5.82 Å². The average Bonchev–Trinajstić information content (AvgIpc) is 2.76. The molecule has 3 N–H and O–H groups in total. The van der Waals surface area contributed by atoms with E-state index in [1.807, 2.05) is 50.2 Å². The van der Waals surface area contributed by atoms with Crippen molar-refractivity contribution >= 4 is 24.1 Å². The van der Waals surface area contributed by atoms with E-state index in [1.165, 1.54) is 0 Å². The first-order chi connectivity index (χ1) is 9.49. The predicted octanol–water partition coefficient (Wildman–Crippen LogP) is 2.42. The second-order valence-electron chi connectivity index (χ2n) is 5.01. The van der Waals surface area contributed by atoms with Crippen molar-refractivity contribution in [3.63, 3.8) is 0 Å². The zero-order chi connectivity index (χ0) is 14.7. The van der Waals surface area contributed by atoms with E-state index in [1.54, 1.807) is 11.7 Å². The fourth-order valence-corrected chi connectivity index (χ4v) is 2.09. The minimum absolute atomic E-state index is 0. The number of amides is 1. The molecule has 0 fully saturated rings. The highest BCUT2D eigenvalue weighted by atomic mass is 35.5. The molecule has 1 aromatic carbocycles. The monoisotopic (exact) mass is 308 g/mol. The molecule has 114 valence electrons. The van der Waals surface area contributed by atoms with Crippen molar-refractivity contribution in [1.82, 2.24) is 9.78 Å². The third-order valence-electron chi connectivity index (χ3n) is 3.39.